The van der Waals surface area contributed by atoms with E-state index in [0.29, 0.717) is 26.3 Å². The second-order valence-electron chi connectivity index (χ2n) is 10.2. The van der Waals surface area contributed by atoms with Crippen molar-refractivity contribution in [2.24, 2.45) is 0 Å². The third kappa shape index (κ3) is 7.74. The average Bonchev–Trinajstić information content (AvgIpc) is 3.45. The zero-order chi connectivity index (χ0) is 29.7. The number of hydrogen-bond acceptors (Lipinski definition) is 4. The lowest BCUT2D eigenvalue weighted by Crippen LogP contribution is -2.52. The molecule has 218 valence electrons. The first-order chi connectivity index (χ1) is 19.5. The average molecular weight is 637 g/mol. The molecule has 0 aromatic heterocycles. The summed E-state index contributed by atoms with van der Waals surface area (Å²) in [6.07, 6.45) is 3.86. The lowest BCUT2D eigenvalue weighted by molar-refractivity contribution is -0.139. The van der Waals surface area contributed by atoms with Gasteiger partial charge in [-0.3, -0.25) is 13.9 Å². The standard InChI is InChI=1S/C30H32Cl3N3O4S/c1-20-6-5-9-25(16-20)36(41(39,40)26-13-11-23(31)12-14-26)19-29(37)35(18-22-10-15-27(32)28(33)17-22)21(2)30(38)34-24-7-3-4-8-24/h5-6,9-17,21,24H,3-4,7-8,18-19H2,1-2H3,(H,34,38). The van der Waals surface area contributed by atoms with Crippen molar-refractivity contribution in [1.29, 1.82) is 0 Å². The molecule has 1 fully saturated rings. The second kappa shape index (κ2) is 13.5. The Balaban J connectivity index is 1.70. The number of benzene rings is 3. The van der Waals surface area contributed by atoms with Gasteiger partial charge in [-0.1, -0.05) is 65.8 Å². The van der Waals surface area contributed by atoms with Gasteiger partial charge in [0.2, 0.25) is 11.8 Å². The fraction of sp³-hybridized carbons (Fsp3) is 0.333. The molecular formula is C30H32Cl3N3O4S. The van der Waals surface area contributed by atoms with E-state index < -0.39 is 28.5 Å². The van der Waals surface area contributed by atoms with Crippen molar-refractivity contribution in [3.63, 3.8) is 0 Å². The van der Waals surface area contributed by atoms with E-state index in [0.717, 1.165) is 35.6 Å². The summed E-state index contributed by atoms with van der Waals surface area (Å²) in [7, 11) is -4.18. The van der Waals surface area contributed by atoms with E-state index in [1.54, 1.807) is 43.3 Å². The van der Waals surface area contributed by atoms with E-state index in [1.165, 1.54) is 29.2 Å². The van der Waals surface area contributed by atoms with Gasteiger partial charge >= 0.3 is 0 Å². The van der Waals surface area contributed by atoms with Crippen LogP contribution in [0.1, 0.15) is 43.7 Å². The summed E-state index contributed by atoms with van der Waals surface area (Å²) in [5.41, 5.74) is 1.80. The van der Waals surface area contributed by atoms with Crippen LogP contribution in [0.2, 0.25) is 15.1 Å². The topological polar surface area (TPSA) is 86.8 Å². The number of nitrogens with one attached hydrogen (secondary N) is 1. The highest BCUT2D eigenvalue weighted by molar-refractivity contribution is 7.92. The van der Waals surface area contributed by atoms with Gasteiger partial charge in [0.1, 0.15) is 12.6 Å². The van der Waals surface area contributed by atoms with Crippen LogP contribution in [0.4, 0.5) is 5.69 Å². The van der Waals surface area contributed by atoms with Gasteiger partial charge in [-0.15, -0.1) is 0 Å². The molecule has 0 aliphatic heterocycles. The molecule has 0 bridgehead atoms. The first-order valence-electron chi connectivity index (χ1n) is 13.3. The van der Waals surface area contributed by atoms with Crippen molar-refractivity contribution in [2.45, 2.75) is 63.1 Å². The fourth-order valence-corrected chi connectivity index (χ4v) is 6.71. The maximum atomic E-state index is 14.0. The first-order valence-corrected chi connectivity index (χ1v) is 15.9. The molecule has 4 rings (SSSR count). The normalized spacial score (nSPS) is 14.5. The summed E-state index contributed by atoms with van der Waals surface area (Å²) >= 11 is 18.3. The largest absolute Gasteiger partial charge is 0.352 e. The third-order valence-corrected chi connectivity index (χ3v) is 9.96. The molecule has 3 aromatic carbocycles. The van der Waals surface area contributed by atoms with Crippen molar-refractivity contribution in [3.8, 4) is 0 Å². The summed E-state index contributed by atoms with van der Waals surface area (Å²) in [4.78, 5) is 28.7. The molecule has 0 spiro atoms. The summed E-state index contributed by atoms with van der Waals surface area (Å²) in [6, 6.07) is 16.8. The molecule has 1 unspecified atom stereocenters. The number of sulfonamides is 1. The molecule has 1 saturated carbocycles. The summed E-state index contributed by atoms with van der Waals surface area (Å²) in [6.45, 7) is 2.98. The van der Waals surface area contributed by atoms with Gasteiger partial charge in [0, 0.05) is 17.6 Å². The molecule has 0 saturated heterocycles. The number of anilines is 1. The van der Waals surface area contributed by atoms with Gasteiger partial charge in [-0.05, 0) is 86.3 Å². The molecular weight excluding hydrogens is 605 g/mol. The number of aryl methyl sites for hydroxylation is 1. The Kier molecular flexibility index (Phi) is 10.2. The van der Waals surface area contributed by atoms with Gasteiger partial charge in [0.05, 0.1) is 20.6 Å². The van der Waals surface area contributed by atoms with Gasteiger partial charge < -0.3 is 10.2 Å². The van der Waals surface area contributed by atoms with Crippen LogP contribution < -0.4 is 9.62 Å². The molecule has 1 aliphatic carbocycles. The number of rotatable bonds is 10. The van der Waals surface area contributed by atoms with Crippen LogP contribution in [0.5, 0.6) is 0 Å². The van der Waals surface area contributed by atoms with E-state index in [2.05, 4.69) is 5.32 Å². The molecule has 0 radical (unpaired) electrons. The Morgan fingerprint density at radius 1 is 0.951 bits per heavy atom. The molecule has 1 aliphatic rings. The molecule has 7 nitrogen and oxygen atoms in total. The van der Waals surface area contributed by atoms with Gasteiger partial charge in [-0.25, -0.2) is 8.42 Å². The van der Waals surface area contributed by atoms with Gasteiger partial charge in [0.15, 0.2) is 0 Å². The minimum atomic E-state index is -4.18. The number of carbonyl (C=O) groups is 2. The summed E-state index contributed by atoms with van der Waals surface area (Å²) < 4.78 is 28.8. The maximum absolute atomic E-state index is 14.0. The third-order valence-electron chi connectivity index (χ3n) is 7.18. The van der Waals surface area contributed by atoms with E-state index >= 15 is 0 Å². The van der Waals surface area contributed by atoms with Gasteiger partial charge in [-0.2, -0.15) is 0 Å². The molecule has 0 heterocycles. The van der Waals surface area contributed by atoms with Crippen LogP contribution in [-0.4, -0.2) is 43.8 Å². The number of hydrogen-bond donors (Lipinski definition) is 1. The maximum Gasteiger partial charge on any atom is 0.264 e. The summed E-state index contributed by atoms with van der Waals surface area (Å²) in [5.74, 6) is -0.850. The SMILES string of the molecule is Cc1cccc(N(CC(=O)N(Cc2ccc(Cl)c(Cl)c2)C(C)C(=O)NC2CCCC2)S(=O)(=O)c2ccc(Cl)cc2)c1. The lowest BCUT2D eigenvalue weighted by atomic mass is 10.1. The van der Waals surface area contributed by atoms with Crippen molar-refractivity contribution in [3.05, 3.63) is 92.9 Å². The van der Waals surface area contributed by atoms with Crippen LogP contribution in [0.25, 0.3) is 0 Å². The molecule has 1 N–H and O–H groups in total. The van der Waals surface area contributed by atoms with Crippen LogP contribution in [0, 0.1) is 6.92 Å². The molecule has 3 aromatic rings. The van der Waals surface area contributed by atoms with E-state index in [4.69, 9.17) is 34.8 Å². The van der Waals surface area contributed by atoms with Crippen molar-refractivity contribution in [2.75, 3.05) is 10.8 Å². The lowest BCUT2D eigenvalue weighted by Gasteiger charge is -2.32. The van der Waals surface area contributed by atoms with Gasteiger partial charge in [0.25, 0.3) is 10.0 Å². The Labute approximate surface area is 256 Å². The van der Waals surface area contributed by atoms with E-state index in [-0.39, 0.29) is 23.4 Å². The minimum Gasteiger partial charge on any atom is -0.352 e. The first kappa shape index (κ1) is 31.2. The van der Waals surface area contributed by atoms with Crippen LogP contribution in [0.3, 0.4) is 0 Å². The number of halogens is 3. The highest BCUT2D eigenvalue weighted by atomic mass is 35.5. The predicted molar refractivity (Wildman–Crippen MR) is 164 cm³/mol. The second-order valence-corrected chi connectivity index (χ2v) is 13.4. The van der Waals surface area contributed by atoms with E-state index in [9.17, 15) is 18.0 Å². The van der Waals surface area contributed by atoms with Crippen LogP contribution >= 0.6 is 34.8 Å². The zero-order valence-corrected chi connectivity index (χ0v) is 25.9. The Morgan fingerprint density at radius 3 is 2.27 bits per heavy atom. The Morgan fingerprint density at radius 2 is 1.63 bits per heavy atom. The van der Waals surface area contributed by atoms with Crippen molar-refractivity contribution < 1.29 is 18.0 Å². The minimum absolute atomic E-state index is 0.0146. The van der Waals surface area contributed by atoms with Crippen molar-refractivity contribution in [1.82, 2.24) is 10.2 Å². The molecule has 11 heteroatoms. The van der Waals surface area contributed by atoms with Crippen molar-refractivity contribution >= 4 is 62.3 Å². The monoisotopic (exact) mass is 635 g/mol. The fourth-order valence-electron chi connectivity index (χ4n) is 4.85. The van der Waals surface area contributed by atoms with E-state index in [1.807, 2.05) is 13.0 Å². The number of nitrogens with zero attached hydrogens (tertiary/aromatic N) is 2. The smallest absolute Gasteiger partial charge is 0.264 e. The van der Waals surface area contributed by atoms with Crippen LogP contribution in [0.15, 0.2) is 71.6 Å². The predicted octanol–water partition coefficient (Wildman–Crippen LogP) is 6.63. The number of amides is 2. The quantitative estimate of drug-likeness (QED) is 0.271. The highest BCUT2D eigenvalue weighted by Crippen LogP contribution is 2.28. The number of carbonyl (C=O) groups excluding carboxylic acids is 2. The summed E-state index contributed by atoms with van der Waals surface area (Å²) in [5, 5.41) is 4.11. The Bertz CT molecular complexity index is 1510. The molecule has 2 amide bonds. The highest BCUT2D eigenvalue weighted by Gasteiger charge is 2.33. The zero-order valence-electron chi connectivity index (χ0n) is 22.8. The molecule has 1 atom stereocenters. The molecule has 41 heavy (non-hydrogen) atoms. The Hall–Kier alpha value is -2.78. The van der Waals surface area contributed by atoms with Crippen LogP contribution in [-0.2, 0) is 26.2 Å².